The second-order valence-corrected chi connectivity index (χ2v) is 3.91. The summed E-state index contributed by atoms with van der Waals surface area (Å²) in [6.45, 7) is 4.16. The number of hydrogen-bond acceptors (Lipinski definition) is 2. The minimum atomic E-state index is -2.25. The molecule has 0 aromatic heterocycles. The van der Waals surface area contributed by atoms with Crippen LogP contribution in [0.5, 0.6) is 0 Å². The van der Waals surface area contributed by atoms with Crippen molar-refractivity contribution in [1.29, 1.82) is 0 Å². The van der Waals surface area contributed by atoms with Crippen molar-refractivity contribution in [3.05, 3.63) is 29.8 Å². The third-order valence-electron chi connectivity index (χ3n) is 2.30. The molecule has 2 atom stereocenters. The van der Waals surface area contributed by atoms with Gasteiger partial charge in [0.1, 0.15) is 0 Å². The maximum Gasteiger partial charge on any atom is 0.0487 e. The number of nitrogens with one attached hydrogen (secondary N) is 1. The van der Waals surface area contributed by atoms with Crippen LogP contribution in [0.2, 0.25) is 0 Å². The molecule has 1 aromatic carbocycles. The SMILES string of the molecule is CCC(C)c1ccccc1NS(=O)[O-].[Na]. The molecule has 79 valence electrons. The van der Waals surface area contributed by atoms with Gasteiger partial charge in [0.25, 0.3) is 0 Å². The van der Waals surface area contributed by atoms with E-state index in [1.807, 2.05) is 18.2 Å². The monoisotopic (exact) mass is 235 g/mol. The summed E-state index contributed by atoms with van der Waals surface area (Å²) >= 11 is -2.25. The Kier molecular flexibility index (Phi) is 7.48. The van der Waals surface area contributed by atoms with E-state index in [4.69, 9.17) is 0 Å². The van der Waals surface area contributed by atoms with E-state index in [9.17, 15) is 8.76 Å². The molecule has 0 amide bonds. The molecule has 0 aliphatic heterocycles. The molecule has 1 N–H and O–H groups in total. The molecular weight excluding hydrogens is 221 g/mol. The maximum absolute atomic E-state index is 10.5. The first-order valence-electron chi connectivity index (χ1n) is 4.60. The van der Waals surface area contributed by atoms with Crippen molar-refractivity contribution < 1.29 is 8.76 Å². The molecule has 5 heteroatoms. The normalized spacial score (nSPS) is 13.8. The average Bonchev–Trinajstić information content (AvgIpc) is 2.16. The van der Waals surface area contributed by atoms with Crippen LogP contribution in [0.1, 0.15) is 31.7 Å². The Morgan fingerprint density at radius 2 is 2.07 bits per heavy atom. The molecular formula is C10H14NNaO2S-. The molecule has 0 bridgehead atoms. The first-order chi connectivity index (χ1) is 6.65. The number of rotatable bonds is 4. The van der Waals surface area contributed by atoms with Crippen LogP contribution in [-0.4, -0.2) is 38.3 Å². The fraction of sp³-hybridized carbons (Fsp3) is 0.400. The van der Waals surface area contributed by atoms with Gasteiger partial charge in [0.05, 0.1) is 0 Å². The van der Waals surface area contributed by atoms with Crippen LogP contribution in [0.4, 0.5) is 5.69 Å². The zero-order chi connectivity index (χ0) is 10.6. The quantitative estimate of drug-likeness (QED) is 0.641. The van der Waals surface area contributed by atoms with E-state index in [1.165, 1.54) is 0 Å². The molecule has 15 heavy (non-hydrogen) atoms. The van der Waals surface area contributed by atoms with Crippen LogP contribution in [0, 0.1) is 0 Å². The van der Waals surface area contributed by atoms with Crippen LogP contribution in [0.3, 0.4) is 0 Å². The van der Waals surface area contributed by atoms with E-state index < -0.39 is 11.3 Å². The molecule has 0 saturated carbocycles. The first-order valence-corrected chi connectivity index (χ1v) is 5.67. The Morgan fingerprint density at radius 1 is 1.47 bits per heavy atom. The average molecular weight is 235 g/mol. The van der Waals surface area contributed by atoms with Crippen LogP contribution < -0.4 is 4.72 Å². The molecule has 0 saturated heterocycles. The van der Waals surface area contributed by atoms with Crippen molar-refractivity contribution in [3.8, 4) is 0 Å². The van der Waals surface area contributed by atoms with Crippen molar-refractivity contribution in [2.75, 3.05) is 4.72 Å². The van der Waals surface area contributed by atoms with Gasteiger partial charge in [-0.2, -0.15) is 0 Å². The van der Waals surface area contributed by atoms with Crippen molar-refractivity contribution in [2.45, 2.75) is 26.2 Å². The summed E-state index contributed by atoms with van der Waals surface area (Å²) in [7, 11) is 0. The van der Waals surface area contributed by atoms with Gasteiger partial charge in [0.15, 0.2) is 0 Å². The van der Waals surface area contributed by atoms with Crippen LogP contribution in [-0.2, 0) is 11.3 Å². The third kappa shape index (κ3) is 4.66. The van der Waals surface area contributed by atoms with Crippen molar-refractivity contribution in [2.24, 2.45) is 0 Å². The Balaban J connectivity index is 0.00000196. The van der Waals surface area contributed by atoms with Crippen molar-refractivity contribution in [1.82, 2.24) is 0 Å². The van der Waals surface area contributed by atoms with Gasteiger partial charge in [0.2, 0.25) is 0 Å². The van der Waals surface area contributed by atoms with E-state index in [1.54, 1.807) is 6.07 Å². The molecule has 0 aliphatic carbocycles. The minimum Gasteiger partial charge on any atom is -0.755 e. The summed E-state index contributed by atoms with van der Waals surface area (Å²) in [6, 6.07) is 7.46. The standard InChI is InChI=1S/C10H15NO2S.Na/c1-3-8(2)9-6-4-5-7-10(9)11-14(12)13;/h4-8,11H,3H2,1-2H3,(H,12,13);/p-1. The van der Waals surface area contributed by atoms with E-state index in [0.717, 1.165) is 12.0 Å². The van der Waals surface area contributed by atoms with E-state index >= 15 is 0 Å². The summed E-state index contributed by atoms with van der Waals surface area (Å²) in [5, 5.41) is 0. The minimum absolute atomic E-state index is 0. The van der Waals surface area contributed by atoms with Gasteiger partial charge < -0.3 is 9.27 Å². The number of benzene rings is 1. The topological polar surface area (TPSA) is 52.2 Å². The summed E-state index contributed by atoms with van der Waals surface area (Å²) in [4.78, 5) is 0. The molecule has 1 radical (unpaired) electrons. The second kappa shape index (κ2) is 7.41. The molecule has 2 unspecified atom stereocenters. The van der Waals surface area contributed by atoms with Crippen molar-refractivity contribution in [3.63, 3.8) is 0 Å². The van der Waals surface area contributed by atoms with Gasteiger partial charge in [-0.15, -0.1) is 0 Å². The largest absolute Gasteiger partial charge is 0.755 e. The third-order valence-corrected chi connectivity index (χ3v) is 2.68. The molecule has 0 spiro atoms. The number of anilines is 1. The summed E-state index contributed by atoms with van der Waals surface area (Å²) < 4.78 is 23.4. The fourth-order valence-electron chi connectivity index (χ4n) is 1.33. The van der Waals surface area contributed by atoms with E-state index in [2.05, 4.69) is 18.6 Å². The van der Waals surface area contributed by atoms with Crippen LogP contribution in [0.25, 0.3) is 0 Å². The predicted molar refractivity (Wildman–Crippen MR) is 63.4 cm³/mol. The van der Waals surface area contributed by atoms with Gasteiger partial charge in [-0.05, 0) is 24.0 Å². The van der Waals surface area contributed by atoms with Crippen LogP contribution in [0.15, 0.2) is 24.3 Å². The van der Waals surface area contributed by atoms with Gasteiger partial charge in [-0.1, -0.05) is 32.0 Å². The maximum atomic E-state index is 10.5. The smallest absolute Gasteiger partial charge is 0.0487 e. The van der Waals surface area contributed by atoms with Gasteiger partial charge in [0, 0.05) is 46.5 Å². The molecule has 0 aliphatic rings. The van der Waals surface area contributed by atoms with Crippen LogP contribution >= 0.6 is 0 Å². The molecule has 1 aromatic rings. The zero-order valence-electron chi connectivity index (χ0n) is 9.32. The van der Waals surface area contributed by atoms with Gasteiger partial charge >= 0.3 is 0 Å². The van der Waals surface area contributed by atoms with Gasteiger partial charge in [-0.25, -0.2) is 0 Å². The predicted octanol–water partition coefficient (Wildman–Crippen LogP) is 2.03. The number of hydrogen-bond donors (Lipinski definition) is 1. The molecule has 0 fully saturated rings. The fourth-order valence-corrected chi connectivity index (χ4v) is 1.69. The van der Waals surface area contributed by atoms with E-state index in [-0.39, 0.29) is 29.6 Å². The molecule has 0 heterocycles. The number of para-hydroxylation sites is 1. The molecule has 1 rings (SSSR count). The zero-order valence-corrected chi connectivity index (χ0v) is 12.1. The van der Waals surface area contributed by atoms with Crippen molar-refractivity contribution >= 4 is 46.5 Å². The molecule has 3 nitrogen and oxygen atoms in total. The Bertz CT molecular complexity index is 333. The summed E-state index contributed by atoms with van der Waals surface area (Å²) in [5.74, 6) is 0.363. The summed E-state index contributed by atoms with van der Waals surface area (Å²) in [5.41, 5.74) is 1.72. The summed E-state index contributed by atoms with van der Waals surface area (Å²) in [6.07, 6.45) is 0.990. The Hall–Kier alpha value is 0.130. The van der Waals surface area contributed by atoms with E-state index in [0.29, 0.717) is 11.6 Å². The first kappa shape index (κ1) is 15.1. The Morgan fingerprint density at radius 3 is 2.60 bits per heavy atom. The van der Waals surface area contributed by atoms with Gasteiger partial charge in [-0.3, -0.25) is 4.21 Å². The second-order valence-electron chi connectivity index (χ2n) is 3.23. The Labute approximate surface area is 115 Å².